The van der Waals surface area contributed by atoms with Crippen LogP contribution in [0.5, 0.6) is 5.75 Å². The second-order valence-corrected chi connectivity index (χ2v) is 5.53. The van der Waals surface area contributed by atoms with E-state index in [1.54, 1.807) is 6.20 Å². The largest absolute Gasteiger partial charge is 0.488 e. The van der Waals surface area contributed by atoms with E-state index in [-0.39, 0.29) is 6.10 Å². The monoisotopic (exact) mass is 298 g/mol. The van der Waals surface area contributed by atoms with Crippen molar-refractivity contribution in [3.8, 4) is 5.75 Å². The van der Waals surface area contributed by atoms with Gasteiger partial charge in [0.1, 0.15) is 11.9 Å². The number of likely N-dealkylation sites (tertiary alicyclic amines) is 1. The molecular formula is C13H19BrN2O. The predicted octanol–water partition coefficient (Wildman–Crippen LogP) is 3.02. The molecule has 17 heavy (non-hydrogen) atoms. The maximum absolute atomic E-state index is 5.88. The quantitative estimate of drug-likeness (QED) is 0.854. The van der Waals surface area contributed by atoms with Crippen molar-refractivity contribution in [3.05, 3.63) is 22.4 Å². The number of rotatable bonds is 4. The van der Waals surface area contributed by atoms with Crippen LogP contribution in [0.4, 0.5) is 0 Å². The van der Waals surface area contributed by atoms with Gasteiger partial charge in [-0.2, -0.15) is 0 Å². The second-order valence-electron chi connectivity index (χ2n) is 4.67. The summed E-state index contributed by atoms with van der Waals surface area (Å²) in [5.41, 5.74) is 0.990. The summed E-state index contributed by atoms with van der Waals surface area (Å²) in [6.45, 7) is 7.52. The summed E-state index contributed by atoms with van der Waals surface area (Å²) in [6, 6.07) is 1.99. The van der Waals surface area contributed by atoms with Gasteiger partial charge in [0.25, 0.3) is 0 Å². The number of nitrogens with zero attached hydrogens (tertiary/aromatic N) is 2. The minimum absolute atomic E-state index is 0.213. The molecular weight excluding hydrogens is 280 g/mol. The molecule has 0 unspecified atom stereocenters. The molecule has 0 aliphatic carbocycles. The fraction of sp³-hybridized carbons (Fsp3) is 0.615. The van der Waals surface area contributed by atoms with Gasteiger partial charge in [0.2, 0.25) is 0 Å². The van der Waals surface area contributed by atoms with Crippen LogP contribution in [-0.4, -0.2) is 35.6 Å². The lowest BCUT2D eigenvalue weighted by atomic mass is 10.3. The van der Waals surface area contributed by atoms with Crippen LogP contribution in [0, 0.1) is 6.92 Å². The van der Waals surface area contributed by atoms with E-state index in [0.717, 1.165) is 22.5 Å². The number of ether oxygens (including phenoxy) is 1. The van der Waals surface area contributed by atoms with Gasteiger partial charge in [-0.1, -0.05) is 0 Å². The molecule has 2 rings (SSSR count). The van der Waals surface area contributed by atoms with Crippen LogP contribution in [0.1, 0.15) is 25.5 Å². The Morgan fingerprint density at radius 3 is 2.82 bits per heavy atom. The molecule has 0 saturated carbocycles. The molecule has 1 aliphatic rings. The molecule has 3 nitrogen and oxygen atoms in total. The van der Waals surface area contributed by atoms with Gasteiger partial charge >= 0.3 is 0 Å². The van der Waals surface area contributed by atoms with E-state index in [1.165, 1.54) is 25.9 Å². The van der Waals surface area contributed by atoms with Gasteiger partial charge in [0, 0.05) is 11.0 Å². The molecule has 2 heterocycles. The van der Waals surface area contributed by atoms with Gasteiger partial charge in [0.05, 0.1) is 11.9 Å². The fourth-order valence-corrected chi connectivity index (χ4v) is 2.48. The summed E-state index contributed by atoms with van der Waals surface area (Å²) in [5, 5.41) is 0. The normalized spacial score (nSPS) is 18.3. The van der Waals surface area contributed by atoms with Crippen molar-refractivity contribution < 1.29 is 4.74 Å². The van der Waals surface area contributed by atoms with Crippen LogP contribution in [0.15, 0.2) is 16.7 Å². The second kappa shape index (κ2) is 5.83. The zero-order chi connectivity index (χ0) is 12.3. The first-order valence-electron chi connectivity index (χ1n) is 6.16. The van der Waals surface area contributed by atoms with Crippen LogP contribution in [0.2, 0.25) is 0 Å². The smallest absolute Gasteiger partial charge is 0.139 e. The van der Waals surface area contributed by atoms with Crippen molar-refractivity contribution in [1.82, 2.24) is 9.88 Å². The van der Waals surface area contributed by atoms with Crippen molar-refractivity contribution in [2.75, 3.05) is 19.6 Å². The van der Waals surface area contributed by atoms with Gasteiger partial charge < -0.3 is 4.74 Å². The molecule has 4 heteroatoms. The first-order chi connectivity index (χ1) is 8.15. The summed E-state index contributed by atoms with van der Waals surface area (Å²) in [5.74, 6) is 0.842. The number of aromatic nitrogens is 1. The molecule has 0 radical (unpaired) electrons. The van der Waals surface area contributed by atoms with Gasteiger partial charge in [-0.3, -0.25) is 9.88 Å². The van der Waals surface area contributed by atoms with E-state index in [0.29, 0.717) is 0 Å². The van der Waals surface area contributed by atoms with E-state index >= 15 is 0 Å². The summed E-state index contributed by atoms with van der Waals surface area (Å²) >= 11 is 3.47. The van der Waals surface area contributed by atoms with Crippen LogP contribution >= 0.6 is 15.9 Å². The van der Waals surface area contributed by atoms with Crippen molar-refractivity contribution in [3.63, 3.8) is 0 Å². The third kappa shape index (κ3) is 3.68. The molecule has 0 amide bonds. The third-order valence-corrected chi connectivity index (χ3v) is 3.85. The van der Waals surface area contributed by atoms with E-state index in [4.69, 9.17) is 4.74 Å². The number of halogens is 1. The Hall–Kier alpha value is -0.610. The first-order valence-corrected chi connectivity index (χ1v) is 6.95. The maximum atomic E-state index is 5.88. The Kier molecular flexibility index (Phi) is 4.40. The Morgan fingerprint density at radius 2 is 2.18 bits per heavy atom. The SMILES string of the molecule is Cc1ncc(O[C@H](C)CN2CCCC2)cc1Br. The van der Waals surface area contributed by atoms with Crippen LogP contribution < -0.4 is 4.74 Å². The summed E-state index contributed by atoms with van der Waals surface area (Å²) in [6.07, 6.45) is 4.65. The highest BCUT2D eigenvalue weighted by Gasteiger charge is 2.15. The lowest BCUT2D eigenvalue weighted by Gasteiger charge is -2.21. The zero-order valence-corrected chi connectivity index (χ0v) is 12.0. The maximum Gasteiger partial charge on any atom is 0.139 e. The fourth-order valence-electron chi connectivity index (χ4n) is 2.15. The molecule has 1 saturated heterocycles. The predicted molar refractivity (Wildman–Crippen MR) is 72.4 cm³/mol. The molecule has 1 fully saturated rings. The topological polar surface area (TPSA) is 25.4 Å². The lowest BCUT2D eigenvalue weighted by Crippen LogP contribution is -2.31. The first kappa shape index (κ1) is 12.8. The number of pyridine rings is 1. The minimum Gasteiger partial charge on any atom is -0.488 e. The van der Waals surface area contributed by atoms with Crippen molar-refractivity contribution in [2.24, 2.45) is 0 Å². The van der Waals surface area contributed by atoms with Crippen LogP contribution in [-0.2, 0) is 0 Å². The Balaban J connectivity index is 1.88. The van der Waals surface area contributed by atoms with E-state index in [2.05, 4.69) is 32.7 Å². The van der Waals surface area contributed by atoms with Crippen molar-refractivity contribution >= 4 is 15.9 Å². The minimum atomic E-state index is 0.213. The zero-order valence-electron chi connectivity index (χ0n) is 10.4. The molecule has 0 spiro atoms. The van der Waals surface area contributed by atoms with Crippen molar-refractivity contribution in [1.29, 1.82) is 0 Å². The molecule has 1 aromatic rings. The number of hydrogen-bond acceptors (Lipinski definition) is 3. The Bertz CT molecular complexity index is 378. The van der Waals surface area contributed by atoms with Gasteiger partial charge in [-0.05, 0) is 61.8 Å². The van der Waals surface area contributed by atoms with Crippen LogP contribution in [0.25, 0.3) is 0 Å². The standard InChI is InChI=1S/C13H19BrN2O/c1-10(9-16-5-3-4-6-16)17-12-7-13(14)11(2)15-8-12/h7-8,10H,3-6,9H2,1-2H3/t10-/m1/s1. The van der Waals surface area contributed by atoms with Gasteiger partial charge in [0.15, 0.2) is 0 Å². The highest BCUT2D eigenvalue weighted by Crippen LogP contribution is 2.21. The highest BCUT2D eigenvalue weighted by molar-refractivity contribution is 9.10. The highest BCUT2D eigenvalue weighted by atomic mass is 79.9. The molecule has 94 valence electrons. The number of hydrogen-bond donors (Lipinski definition) is 0. The van der Waals surface area contributed by atoms with Gasteiger partial charge in [-0.15, -0.1) is 0 Å². The van der Waals surface area contributed by atoms with Crippen LogP contribution in [0.3, 0.4) is 0 Å². The summed E-state index contributed by atoms with van der Waals surface area (Å²) < 4.78 is 6.88. The average Bonchev–Trinajstić information content (AvgIpc) is 2.76. The van der Waals surface area contributed by atoms with E-state index in [1.807, 2.05) is 13.0 Å². The Morgan fingerprint density at radius 1 is 1.47 bits per heavy atom. The lowest BCUT2D eigenvalue weighted by molar-refractivity contribution is 0.161. The van der Waals surface area contributed by atoms with Crippen molar-refractivity contribution in [2.45, 2.75) is 32.8 Å². The van der Waals surface area contributed by atoms with E-state index in [9.17, 15) is 0 Å². The number of aryl methyl sites for hydroxylation is 1. The molecule has 0 bridgehead atoms. The molecule has 1 aliphatic heterocycles. The van der Waals surface area contributed by atoms with E-state index < -0.39 is 0 Å². The summed E-state index contributed by atoms with van der Waals surface area (Å²) in [4.78, 5) is 6.74. The summed E-state index contributed by atoms with van der Waals surface area (Å²) in [7, 11) is 0. The molecule has 1 atom stereocenters. The van der Waals surface area contributed by atoms with Gasteiger partial charge in [-0.25, -0.2) is 0 Å². The third-order valence-electron chi connectivity index (χ3n) is 3.05. The molecule has 1 aromatic heterocycles. The Labute approximate surface area is 111 Å². The molecule has 0 aromatic carbocycles. The average molecular weight is 299 g/mol. The molecule has 0 N–H and O–H groups in total.